The van der Waals surface area contributed by atoms with Gasteiger partial charge in [0.2, 0.25) is 0 Å². The van der Waals surface area contributed by atoms with Crippen LogP contribution in [0.4, 0.5) is 0 Å². The number of benzene rings is 1. The van der Waals surface area contributed by atoms with Crippen molar-refractivity contribution < 1.29 is 14.3 Å². The van der Waals surface area contributed by atoms with Crippen molar-refractivity contribution in [2.24, 2.45) is 0 Å². The van der Waals surface area contributed by atoms with E-state index in [2.05, 4.69) is 5.32 Å². The smallest absolute Gasteiger partial charge is 0.251 e. The first-order valence-electron chi connectivity index (χ1n) is 6.50. The van der Waals surface area contributed by atoms with Gasteiger partial charge in [-0.2, -0.15) is 5.26 Å². The third-order valence-corrected chi connectivity index (χ3v) is 3.12. The van der Waals surface area contributed by atoms with Gasteiger partial charge in [-0.1, -0.05) is 6.07 Å². The summed E-state index contributed by atoms with van der Waals surface area (Å²) in [6.45, 7) is 3.36. The largest absolute Gasteiger partial charge is 0.463 e. The van der Waals surface area contributed by atoms with Crippen LogP contribution >= 0.6 is 0 Å². The predicted octanol–water partition coefficient (Wildman–Crippen LogP) is 2.10. The number of hydrogen-bond acceptors (Lipinski definition) is 4. The van der Waals surface area contributed by atoms with Gasteiger partial charge in [0, 0.05) is 5.56 Å². The maximum absolute atomic E-state index is 12.0. The second kappa shape index (κ2) is 5.81. The first-order chi connectivity index (χ1) is 9.92. The van der Waals surface area contributed by atoms with Gasteiger partial charge in [0.1, 0.15) is 17.1 Å². The van der Waals surface area contributed by atoms with Gasteiger partial charge in [0.15, 0.2) is 0 Å². The lowest BCUT2D eigenvalue weighted by Gasteiger charge is -2.21. The number of nitrogens with one attached hydrogen (secondary N) is 1. The van der Waals surface area contributed by atoms with Crippen molar-refractivity contribution in [2.75, 3.05) is 6.54 Å². The average molecular weight is 284 g/mol. The summed E-state index contributed by atoms with van der Waals surface area (Å²) in [7, 11) is 0. The maximum Gasteiger partial charge on any atom is 0.251 e. The number of carbonyl (C=O) groups excluding carboxylic acids is 1. The van der Waals surface area contributed by atoms with E-state index in [0.29, 0.717) is 22.6 Å². The molecule has 1 heterocycles. The Balaban J connectivity index is 2.05. The van der Waals surface area contributed by atoms with Crippen LogP contribution in [0.5, 0.6) is 0 Å². The van der Waals surface area contributed by atoms with Gasteiger partial charge >= 0.3 is 0 Å². The molecule has 2 rings (SSSR count). The number of aliphatic hydroxyl groups is 1. The average Bonchev–Trinajstić information content (AvgIpc) is 2.92. The van der Waals surface area contributed by atoms with Crippen LogP contribution in [0.15, 0.2) is 40.8 Å². The van der Waals surface area contributed by atoms with E-state index in [1.165, 1.54) is 6.07 Å². The molecule has 1 aromatic heterocycles. The number of aryl methyl sites for hydroxylation is 1. The van der Waals surface area contributed by atoms with E-state index in [1.807, 2.05) is 6.07 Å². The summed E-state index contributed by atoms with van der Waals surface area (Å²) in [6, 6.07) is 11.8. The van der Waals surface area contributed by atoms with E-state index in [4.69, 9.17) is 9.68 Å². The molecule has 0 spiro atoms. The van der Waals surface area contributed by atoms with Crippen molar-refractivity contribution in [1.82, 2.24) is 5.32 Å². The van der Waals surface area contributed by atoms with Gasteiger partial charge in [-0.25, -0.2) is 0 Å². The van der Waals surface area contributed by atoms with Crippen LogP contribution < -0.4 is 5.32 Å². The maximum atomic E-state index is 12.0. The Labute approximate surface area is 122 Å². The molecule has 0 fully saturated rings. The van der Waals surface area contributed by atoms with E-state index in [1.54, 1.807) is 44.2 Å². The molecule has 0 saturated carbocycles. The first kappa shape index (κ1) is 14.8. The number of furan rings is 1. The standard InChI is InChI=1S/C16H16N2O3/c1-11-6-7-14(21-11)16(2,20)10-18-15(19)13-5-3-4-12(8-13)9-17/h3-8,20H,10H2,1-2H3,(H,18,19). The molecule has 1 amide bonds. The quantitative estimate of drug-likeness (QED) is 0.900. The molecule has 0 aliphatic rings. The van der Waals surface area contributed by atoms with Crippen molar-refractivity contribution in [2.45, 2.75) is 19.4 Å². The molecule has 0 radical (unpaired) electrons. The molecule has 1 aromatic carbocycles. The van der Waals surface area contributed by atoms with Crippen molar-refractivity contribution >= 4 is 5.91 Å². The lowest BCUT2D eigenvalue weighted by atomic mass is 10.0. The minimum absolute atomic E-state index is 0.00949. The van der Waals surface area contributed by atoms with E-state index in [9.17, 15) is 9.90 Å². The molecule has 108 valence electrons. The van der Waals surface area contributed by atoms with Crippen molar-refractivity contribution in [3.63, 3.8) is 0 Å². The number of nitrogens with zero attached hydrogens (tertiary/aromatic N) is 1. The molecular weight excluding hydrogens is 268 g/mol. The van der Waals surface area contributed by atoms with Crippen molar-refractivity contribution in [1.29, 1.82) is 5.26 Å². The molecule has 2 N–H and O–H groups in total. The normalized spacial score (nSPS) is 13.2. The highest BCUT2D eigenvalue weighted by Crippen LogP contribution is 2.22. The lowest BCUT2D eigenvalue weighted by molar-refractivity contribution is 0.0323. The van der Waals surface area contributed by atoms with Gasteiger partial charge in [0.05, 0.1) is 18.2 Å². The highest BCUT2D eigenvalue weighted by atomic mass is 16.4. The summed E-state index contributed by atoms with van der Waals surface area (Å²) in [5.74, 6) is 0.736. The van der Waals surface area contributed by atoms with E-state index in [-0.39, 0.29) is 12.5 Å². The van der Waals surface area contributed by atoms with Gasteiger partial charge in [-0.15, -0.1) is 0 Å². The van der Waals surface area contributed by atoms with Crippen molar-refractivity contribution in [3.05, 3.63) is 59.0 Å². The molecule has 1 unspecified atom stereocenters. The molecular formula is C16H16N2O3. The fraction of sp³-hybridized carbons (Fsp3) is 0.250. The fourth-order valence-electron chi connectivity index (χ4n) is 1.90. The van der Waals surface area contributed by atoms with Crippen molar-refractivity contribution in [3.8, 4) is 6.07 Å². The molecule has 5 heteroatoms. The Morgan fingerprint density at radius 3 is 2.81 bits per heavy atom. The molecule has 5 nitrogen and oxygen atoms in total. The summed E-state index contributed by atoms with van der Waals surface area (Å²) < 4.78 is 5.38. The number of rotatable bonds is 4. The SMILES string of the molecule is Cc1ccc(C(C)(O)CNC(=O)c2cccc(C#N)c2)o1. The third-order valence-electron chi connectivity index (χ3n) is 3.12. The molecule has 0 bridgehead atoms. The monoisotopic (exact) mass is 284 g/mol. The molecule has 0 aliphatic heterocycles. The summed E-state index contributed by atoms with van der Waals surface area (Å²) in [6.07, 6.45) is 0. The minimum atomic E-state index is -1.29. The predicted molar refractivity (Wildman–Crippen MR) is 76.5 cm³/mol. The van der Waals surface area contributed by atoms with E-state index in [0.717, 1.165) is 0 Å². The van der Waals surface area contributed by atoms with Crippen LogP contribution in [0.2, 0.25) is 0 Å². The number of carbonyl (C=O) groups is 1. The molecule has 1 atom stereocenters. The third kappa shape index (κ3) is 3.50. The lowest BCUT2D eigenvalue weighted by Crippen LogP contribution is -2.38. The number of nitriles is 1. The number of amides is 1. The van der Waals surface area contributed by atoms with E-state index < -0.39 is 5.60 Å². The van der Waals surface area contributed by atoms with Crippen LogP contribution in [-0.4, -0.2) is 17.6 Å². The Kier molecular flexibility index (Phi) is 4.10. The van der Waals surface area contributed by atoms with Gasteiger partial charge in [-0.3, -0.25) is 4.79 Å². The first-order valence-corrected chi connectivity index (χ1v) is 6.50. The van der Waals surface area contributed by atoms with Crippen LogP contribution in [-0.2, 0) is 5.60 Å². The zero-order valence-corrected chi connectivity index (χ0v) is 11.9. The Bertz CT molecular complexity index is 696. The summed E-state index contributed by atoms with van der Waals surface area (Å²) in [5.41, 5.74) is -0.506. The molecule has 2 aromatic rings. The Morgan fingerprint density at radius 2 is 2.19 bits per heavy atom. The minimum Gasteiger partial charge on any atom is -0.463 e. The van der Waals surface area contributed by atoms with E-state index >= 15 is 0 Å². The Hall–Kier alpha value is -2.58. The highest BCUT2D eigenvalue weighted by Gasteiger charge is 2.27. The van der Waals surface area contributed by atoms with Gasteiger partial charge in [0.25, 0.3) is 5.91 Å². The second-order valence-electron chi connectivity index (χ2n) is 5.06. The van der Waals surface area contributed by atoms with Crippen LogP contribution in [0.25, 0.3) is 0 Å². The fourth-order valence-corrected chi connectivity index (χ4v) is 1.90. The summed E-state index contributed by atoms with van der Waals surface area (Å²) in [4.78, 5) is 12.0. The molecule has 0 aliphatic carbocycles. The summed E-state index contributed by atoms with van der Waals surface area (Å²) >= 11 is 0. The van der Waals surface area contributed by atoms with Crippen LogP contribution in [0, 0.1) is 18.3 Å². The zero-order chi connectivity index (χ0) is 15.5. The van der Waals surface area contributed by atoms with Crippen LogP contribution in [0.3, 0.4) is 0 Å². The van der Waals surface area contributed by atoms with Gasteiger partial charge in [-0.05, 0) is 44.2 Å². The highest BCUT2D eigenvalue weighted by molar-refractivity contribution is 5.94. The topological polar surface area (TPSA) is 86.3 Å². The Morgan fingerprint density at radius 1 is 1.43 bits per heavy atom. The zero-order valence-electron chi connectivity index (χ0n) is 11.9. The van der Waals surface area contributed by atoms with Crippen LogP contribution in [0.1, 0.15) is 34.4 Å². The summed E-state index contributed by atoms with van der Waals surface area (Å²) in [5, 5.41) is 21.8. The molecule has 0 saturated heterocycles. The molecule has 21 heavy (non-hydrogen) atoms. The second-order valence-corrected chi connectivity index (χ2v) is 5.06. The number of hydrogen-bond donors (Lipinski definition) is 2. The van der Waals surface area contributed by atoms with Gasteiger partial charge < -0.3 is 14.8 Å².